The lowest BCUT2D eigenvalue weighted by molar-refractivity contribution is -0.154. The van der Waals surface area contributed by atoms with E-state index < -0.39 is 0 Å². The van der Waals surface area contributed by atoms with Crippen LogP contribution in [0.4, 0.5) is 0 Å². The molecule has 0 aliphatic heterocycles. The van der Waals surface area contributed by atoms with Crippen LogP contribution >= 0.6 is 0 Å². The molecule has 0 saturated carbocycles. The molecule has 0 rings (SSSR count). The molecule has 0 aromatic carbocycles. The second-order valence-corrected chi connectivity index (χ2v) is 5.29. The van der Waals surface area contributed by atoms with Crippen LogP contribution in [0.2, 0.25) is 0 Å². The zero-order valence-corrected chi connectivity index (χ0v) is 11.6. The predicted molar refractivity (Wildman–Crippen MR) is 70.9 cm³/mol. The fraction of sp³-hybridized carbons (Fsp3) is 0.923. The number of nitrogens with one attached hydrogen (secondary N) is 1. The van der Waals surface area contributed by atoms with Crippen molar-refractivity contribution in [2.45, 2.75) is 58.5 Å². The highest BCUT2D eigenvalue weighted by Gasteiger charge is 2.15. The van der Waals surface area contributed by atoms with E-state index in [2.05, 4.69) is 5.32 Å². The highest BCUT2D eigenvalue weighted by molar-refractivity contribution is 5.69. The fourth-order valence-electron chi connectivity index (χ4n) is 1.49. The van der Waals surface area contributed by atoms with Gasteiger partial charge in [0, 0.05) is 19.5 Å². The predicted octanol–water partition coefficient (Wildman–Crippen LogP) is 1.83. The first-order valence-electron chi connectivity index (χ1n) is 6.58. The number of esters is 1. The Morgan fingerprint density at radius 2 is 1.76 bits per heavy atom. The van der Waals surface area contributed by atoms with Crippen LogP contribution in [0, 0.1) is 0 Å². The second kappa shape index (κ2) is 9.42. The minimum Gasteiger partial charge on any atom is -0.460 e. The molecule has 0 saturated heterocycles. The minimum atomic E-state index is -0.358. The maximum Gasteiger partial charge on any atom is 0.306 e. The standard InChI is InChI=1S/C13H28N2O2/c1-13(2,3)17-12(16)8-6-4-5-7-10-15-11-9-14/h15H,4-11,14H2,1-3H3. The van der Waals surface area contributed by atoms with Gasteiger partial charge in [-0.25, -0.2) is 0 Å². The van der Waals surface area contributed by atoms with E-state index in [1.54, 1.807) is 0 Å². The van der Waals surface area contributed by atoms with Crippen molar-refractivity contribution in [3.63, 3.8) is 0 Å². The molecule has 0 aromatic rings. The number of carbonyl (C=O) groups excluding carboxylic acids is 1. The van der Waals surface area contributed by atoms with Crippen LogP contribution in [-0.2, 0) is 9.53 Å². The maximum absolute atomic E-state index is 11.4. The Bertz CT molecular complexity index is 200. The van der Waals surface area contributed by atoms with Gasteiger partial charge in [0.05, 0.1) is 0 Å². The van der Waals surface area contributed by atoms with Crippen LogP contribution in [-0.4, -0.2) is 31.2 Å². The van der Waals surface area contributed by atoms with Gasteiger partial charge in [0.15, 0.2) is 0 Å². The molecule has 0 spiro atoms. The van der Waals surface area contributed by atoms with E-state index in [0.29, 0.717) is 13.0 Å². The van der Waals surface area contributed by atoms with Crippen LogP contribution in [0.1, 0.15) is 52.9 Å². The lowest BCUT2D eigenvalue weighted by atomic mass is 10.1. The van der Waals surface area contributed by atoms with Crippen molar-refractivity contribution in [3.05, 3.63) is 0 Å². The van der Waals surface area contributed by atoms with Crippen LogP contribution in [0.3, 0.4) is 0 Å². The van der Waals surface area contributed by atoms with Crippen LogP contribution in [0.25, 0.3) is 0 Å². The van der Waals surface area contributed by atoms with Crippen LogP contribution in [0.5, 0.6) is 0 Å². The Hall–Kier alpha value is -0.610. The largest absolute Gasteiger partial charge is 0.460 e. The molecule has 0 aromatic heterocycles. The summed E-state index contributed by atoms with van der Waals surface area (Å²) in [6, 6.07) is 0. The summed E-state index contributed by atoms with van der Waals surface area (Å²) < 4.78 is 5.23. The quantitative estimate of drug-likeness (QED) is 0.480. The van der Waals surface area contributed by atoms with E-state index >= 15 is 0 Å². The van der Waals surface area contributed by atoms with E-state index in [1.165, 1.54) is 0 Å². The van der Waals surface area contributed by atoms with Gasteiger partial charge in [-0.3, -0.25) is 4.79 Å². The maximum atomic E-state index is 11.4. The Morgan fingerprint density at radius 3 is 2.35 bits per heavy atom. The highest BCUT2D eigenvalue weighted by Crippen LogP contribution is 2.10. The molecule has 0 fully saturated rings. The Kier molecular flexibility index (Phi) is 9.09. The summed E-state index contributed by atoms with van der Waals surface area (Å²) >= 11 is 0. The Morgan fingerprint density at radius 1 is 1.12 bits per heavy atom. The van der Waals surface area contributed by atoms with Crippen molar-refractivity contribution in [3.8, 4) is 0 Å². The number of unbranched alkanes of at least 4 members (excludes halogenated alkanes) is 3. The van der Waals surface area contributed by atoms with Gasteiger partial charge in [-0.15, -0.1) is 0 Å². The fourth-order valence-corrected chi connectivity index (χ4v) is 1.49. The molecule has 0 radical (unpaired) electrons. The number of hydrogen-bond donors (Lipinski definition) is 2. The van der Waals surface area contributed by atoms with Gasteiger partial charge in [0.1, 0.15) is 5.60 Å². The van der Waals surface area contributed by atoms with Gasteiger partial charge >= 0.3 is 5.97 Å². The molecule has 3 N–H and O–H groups in total. The smallest absolute Gasteiger partial charge is 0.306 e. The second-order valence-electron chi connectivity index (χ2n) is 5.29. The van der Waals surface area contributed by atoms with E-state index in [-0.39, 0.29) is 11.6 Å². The molecule has 0 aliphatic rings. The van der Waals surface area contributed by atoms with Gasteiger partial charge in [-0.05, 0) is 40.2 Å². The molecule has 0 unspecified atom stereocenters. The molecule has 4 nitrogen and oxygen atoms in total. The van der Waals surface area contributed by atoms with Gasteiger partial charge in [-0.1, -0.05) is 12.8 Å². The van der Waals surface area contributed by atoms with Gasteiger partial charge in [0.25, 0.3) is 0 Å². The van der Waals surface area contributed by atoms with Crippen LogP contribution < -0.4 is 11.1 Å². The summed E-state index contributed by atoms with van der Waals surface area (Å²) in [4.78, 5) is 11.4. The third-order valence-electron chi connectivity index (χ3n) is 2.23. The molecule has 102 valence electrons. The van der Waals surface area contributed by atoms with Crippen molar-refractivity contribution in [1.82, 2.24) is 5.32 Å². The summed E-state index contributed by atoms with van der Waals surface area (Å²) in [5, 5.41) is 3.25. The van der Waals surface area contributed by atoms with E-state index in [4.69, 9.17) is 10.5 Å². The molecule has 0 aliphatic carbocycles. The molecule has 0 atom stereocenters. The zero-order valence-electron chi connectivity index (χ0n) is 11.6. The number of carbonyl (C=O) groups is 1. The summed E-state index contributed by atoms with van der Waals surface area (Å²) in [5.41, 5.74) is 5.00. The summed E-state index contributed by atoms with van der Waals surface area (Å²) in [7, 11) is 0. The monoisotopic (exact) mass is 244 g/mol. The Balaban J connectivity index is 3.25. The highest BCUT2D eigenvalue weighted by atomic mass is 16.6. The summed E-state index contributed by atoms with van der Waals surface area (Å²) in [5.74, 6) is -0.0845. The zero-order chi connectivity index (χ0) is 13.1. The molecule has 0 amide bonds. The lowest BCUT2D eigenvalue weighted by Gasteiger charge is -2.19. The average molecular weight is 244 g/mol. The van der Waals surface area contributed by atoms with Crippen molar-refractivity contribution in [2.24, 2.45) is 5.73 Å². The Labute approximate surface area is 105 Å². The minimum absolute atomic E-state index is 0.0845. The van der Waals surface area contributed by atoms with Crippen molar-refractivity contribution < 1.29 is 9.53 Å². The van der Waals surface area contributed by atoms with Crippen molar-refractivity contribution in [2.75, 3.05) is 19.6 Å². The number of ether oxygens (including phenoxy) is 1. The topological polar surface area (TPSA) is 64.3 Å². The number of rotatable bonds is 9. The van der Waals surface area contributed by atoms with Gasteiger partial charge < -0.3 is 15.8 Å². The number of nitrogens with two attached hydrogens (primary N) is 1. The molecular formula is C13H28N2O2. The first-order chi connectivity index (χ1) is 7.95. The average Bonchev–Trinajstić information content (AvgIpc) is 2.19. The molecule has 0 bridgehead atoms. The van der Waals surface area contributed by atoms with Crippen molar-refractivity contribution in [1.29, 1.82) is 0 Å². The summed E-state index contributed by atoms with van der Waals surface area (Å²) in [6.45, 7) is 8.29. The SMILES string of the molecule is CC(C)(C)OC(=O)CCCCCCNCCN. The molecular weight excluding hydrogens is 216 g/mol. The van der Waals surface area contributed by atoms with Gasteiger partial charge in [-0.2, -0.15) is 0 Å². The first kappa shape index (κ1) is 16.4. The van der Waals surface area contributed by atoms with Crippen molar-refractivity contribution >= 4 is 5.97 Å². The number of hydrogen-bond acceptors (Lipinski definition) is 4. The van der Waals surface area contributed by atoms with E-state index in [1.807, 2.05) is 20.8 Å². The van der Waals surface area contributed by atoms with E-state index in [9.17, 15) is 4.79 Å². The van der Waals surface area contributed by atoms with Gasteiger partial charge in [0.2, 0.25) is 0 Å². The van der Waals surface area contributed by atoms with Crippen LogP contribution in [0.15, 0.2) is 0 Å². The van der Waals surface area contributed by atoms with E-state index in [0.717, 1.165) is 38.8 Å². The third-order valence-corrected chi connectivity index (χ3v) is 2.23. The first-order valence-corrected chi connectivity index (χ1v) is 6.58. The lowest BCUT2D eigenvalue weighted by Crippen LogP contribution is -2.23. The third kappa shape index (κ3) is 13.3. The molecule has 0 heterocycles. The summed E-state index contributed by atoms with van der Waals surface area (Å²) in [6.07, 6.45) is 4.84. The normalized spacial score (nSPS) is 11.5. The molecule has 4 heteroatoms. The molecule has 17 heavy (non-hydrogen) atoms.